The van der Waals surface area contributed by atoms with Gasteiger partial charge in [-0.15, -0.1) is 6.42 Å². The zero-order chi connectivity index (χ0) is 10.1. The monoisotopic (exact) mass is 192 g/mol. The van der Waals surface area contributed by atoms with Crippen LogP contribution >= 0.6 is 0 Å². The summed E-state index contributed by atoms with van der Waals surface area (Å²) < 4.78 is 0. The molecule has 0 N–H and O–H groups in total. The summed E-state index contributed by atoms with van der Waals surface area (Å²) in [6.45, 7) is 8.11. The molecule has 2 fully saturated rings. The van der Waals surface area contributed by atoms with Gasteiger partial charge in [-0.3, -0.25) is 9.80 Å². The highest BCUT2D eigenvalue weighted by Gasteiger charge is 2.35. The lowest BCUT2D eigenvalue weighted by Crippen LogP contribution is -2.57. The molecule has 78 valence electrons. The third-order valence-corrected chi connectivity index (χ3v) is 3.72. The smallest absolute Gasteiger partial charge is 0.0686 e. The van der Waals surface area contributed by atoms with Gasteiger partial charge in [-0.1, -0.05) is 5.92 Å². The second kappa shape index (κ2) is 3.92. The van der Waals surface area contributed by atoms with Crippen molar-refractivity contribution in [2.45, 2.75) is 44.8 Å². The van der Waals surface area contributed by atoms with Crippen molar-refractivity contribution in [3.05, 3.63) is 0 Å². The normalized spacial score (nSPS) is 36.4. The summed E-state index contributed by atoms with van der Waals surface area (Å²) in [6, 6.07) is 1.70. The first-order chi connectivity index (χ1) is 6.72. The second-order valence-corrected chi connectivity index (χ2v) is 4.68. The molecule has 0 aliphatic carbocycles. The Hall–Kier alpha value is -0.520. The average molecular weight is 192 g/mol. The van der Waals surface area contributed by atoms with E-state index in [1.54, 1.807) is 0 Å². The summed E-state index contributed by atoms with van der Waals surface area (Å²) in [5.74, 6) is 2.85. The fourth-order valence-electron chi connectivity index (χ4n) is 2.85. The number of nitrogens with zero attached hydrogens (tertiary/aromatic N) is 2. The van der Waals surface area contributed by atoms with E-state index in [9.17, 15) is 0 Å². The molecule has 14 heavy (non-hydrogen) atoms. The van der Waals surface area contributed by atoms with Crippen molar-refractivity contribution in [2.75, 3.05) is 19.6 Å². The topological polar surface area (TPSA) is 6.48 Å². The zero-order valence-electron chi connectivity index (χ0n) is 9.24. The van der Waals surface area contributed by atoms with Gasteiger partial charge in [-0.2, -0.15) is 0 Å². The number of terminal acetylenes is 1. The first kappa shape index (κ1) is 10.0. The molecule has 2 saturated heterocycles. The summed E-state index contributed by atoms with van der Waals surface area (Å²) in [7, 11) is 0. The standard InChI is InChI=1S/C12H20N2/c1-4-10(2)14-9-12-6-5-7-13(12)8-11(14)3/h1,10-12H,5-9H2,2-3H3. The van der Waals surface area contributed by atoms with Crippen LogP contribution in [-0.2, 0) is 0 Å². The Labute approximate surface area is 87.3 Å². The predicted molar refractivity (Wildman–Crippen MR) is 59.1 cm³/mol. The van der Waals surface area contributed by atoms with Crippen LogP contribution in [-0.4, -0.2) is 47.6 Å². The number of piperazine rings is 1. The van der Waals surface area contributed by atoms with Gasteiger partial charge in [0.25, 0.3) is 0 Å². The van der Waals surface area contributed by atoms with Crippen LogP contribution in [0.1, 0.15) is 26.7 Å². The van der Waals surface area contributed by atoms with Gasteiger partial charge in [0, 0.05) is 25.2 Å². The SMILES string of the molecule is C#CC(C)N1CC2CCCN2CC1C. The van der Waals surface area contributed by atoms with Crippen LogP contribution in [0.5, 0.6) is 0 Å². The maximum absolute atomic E-state index is 5.50. The van der Waals surface area contributed by atoms with Gasteiger partial charge in [0.15, 0.2) is 0 Å². The highest BCUT2D eigenvalue weighted by molar-refractivity contribution is 5.02. The van der Waals surface area contributed by atoms with Crippen LogP contribution in [0.15, 0.2) is 0 Å². The Morgan fingerprint density at radius 1 is 1.43 bits per heavy atom. The number of rotatable bonds is 1. The molecule has 2 aliphatic rings. The third kappa shape index (κ3) is 1.67. The van der Waals surface area contributed by atoms with Crippen molar-refractivity contribution in [3.8, 4) is 12.3 Å². The fourth-order valence-corrected chi connectivity index (χ4v) is 2.85. The van der Waals surface area contributed by atoms with E-state index in [-0.39, 0.29) is 0 Å². The average Bonchev–Trinajstić information content (AvgIpc) is 2.62. The summed E-state index contributed by atoms with van der Waals surface area (Å²) >= 11 is 0. The summed E-state index contributed by atoms with van der Waals surface area (Å²) in [5, 5.41) is 0. The molecule has 0 saturated carbocycles. The first-order valence-electron chi connectivity index (χ1n) is 5.68. The molecule has 2 heterocycles. The van der Waals surface area contributed by atoms with E-state index in [0.29, 0.717) is 12.1 Å². The Bertz CT molecular complexity index is 243. The Morgan fingerprint density at radius 2 is 2.21 bits per heavy atom. The number of hydrogen-bond acceptors (Lipinski definition) is 2. The lowest BCUT2D eigenvalue weighted by Gasteiger charge is -2.43. The minimum Gasteiger partial charge on any atom is -0.298 e. The molecule has 0 radical (unpaired) electrons. The van der Waals surface area contributed by atoms with Crippen LogP contribution in [0, 0.1) is 12.3 Å². The van der Waals surface area contributed by atoms with E-state index in [1.807, 2.05) is 0 Å². The molecule has 2 heteroatoms. The highest BCUT2D eigenvalue weighted by Crippen LogP contribution is 2.25. The summed E-state index contributed by atoms with van der Waals surface area (Å²) in [5.41, 5.74) is 0. The minimum absolute atomic E-state index is 0.299. The van der Waals surface area contributed by atoms with Crippen LogP contribution in [0.25, 0.3) is 0 Å². The molecule has 0 aromatic rings. The van der Waals surface area contributed by atoms with E-state index < -0.39 is 0 Å². The molecule has 0 amide bonds. The molecule has 2 nitrogen and oxygen atoms in total. The quantitative estimate of drug-likeness (QED) is 0.576. The molecule has 3 atom stereocenters. The lowest BCUT2D eigenvalue weighted by molar-refractivity contribution is 0.0480. The molecule has 3 unspecified atom stereocenters. The maximum atomic E-state index is 5.50. The van der Waals surface area contributed by atoms with E-state index in [1.165, 1.54) is 32.5 Å². The molecular weight excluding hydrogens is 172 g/mol. The maximum Gasteiger partial charge on any atom is 0.0686 e. The van der Waals surface area contributed by atoms with Crippen molar-refractivity contribution in [1.29, 1.82) is 0 Å². The van der Waals surface area contributed by atoms with Crippen LogP contribution in [0.2, 0.25) is 0 Å². The van der Waals surface area contributed by atoms with Crippen molar-refractivity contribution in [1.82, 2.24) is 9.80 Å². The Kier molecular flexibility index (Phi) is 2.80. The first-order valence-corrected chi connectivity index (χ1v) is 5.68. The molecule has 0 aromatic heterocycles. The van der Waals surface area contributed by atoms with Gasteiger partial charge >= 0.3 is 0 Å². The van der Waals surface area contributed by atoms with E-state index >= 15 is 0 Å². The van der Waals surface area contributed by atoms with Crippen molar-refractivity contribution in [3.63, 3.8) is 0 Å². The van der Waals surface area contributed by atoms with Gasteiger partial charge in [0.05, 0.1) is 6.04 Å². The minimum atomic E-state index is 0.299. The Morgan fingerprint density at radius 3 is 2.93 bits per heavy atom. The van der Waals surface area contributed by atoms with Crippen LogP contribution in [0.4, 0.5) is 0 Å². The number of hydrogen-bond donors (Lipinski definition) is 0. The van der Waals surface area contributed by atoms with Crippen molar-refractivity contribution in [2.24, 2.45) is 0 Å². The molecule has 0 spiro atoms. The number of fused-ring (bicyclic) bond motifs is 1. The Balaban J connectivity index is 2.03. The van der Waals surface area contributed by atoms with Crippen molar-refractivity contribution >= 4 is 0 Å². The zero-order valence-corrected chi connectivity index (χ0v) is 9.24. The lowest BCUT2D eigenvalue weighted by atomic mass is 10.1. The van der Waals surface area contributed by atoms with Crippen LogP contribution in [0.3, 0.4) is 0 Å². The van der Waals surface area contributed by atoms with Crippen LogP contribution < -0.4 is 0 Å². The van der Waals surface area contributed by atoms with E-state index in [4.69, 9.17) is 6.42 Å². The predicted octanol–water partition coefficient (Wildman–Crippen LogP) is 1.18. The van der Waals surface area contributed by atoms with Gasteiger partial charge in [-0.05, 0) is 33.2 Å². The van der Waals surface area contributed by atoms with Gasteiger partial charge in [-0.25, -0.2) is 0 Å². The highest BCUT2D eigenvalue weighted by atomic mass is 15.3. The fraction of sp³-hybridized carbons (Fsp3) is 0.833. The summed E-state index contributed by atoms with van der Waals surface area (Å²) in [6.07, 6.45) is 8.23. The second-order valence-electron chi connectivity index (χ2n) is 4.68. The van der Waals surface area contributed by atoms with Gasteiger partial charge < -0.3 is 0 Å². The summed E-state index contributed by atoms with van der Waals surface area (Å²) in [4.78, 5) is 5.11. The van der Waals surface area contributed by atoms with Gasteiger partial charge in [0.1, 0.15) is 0 Å². The van der Waals surface area contributed by atoms with Crippen molar-refractivity contribution < 1.29 is 0 Å². The molecule has 0 bridgehead atoms. The third-order valence-electron chi connectivity index (χ3n) is 3.72. The van der Waals surface area contributed by atoms with Gasteiger partial charge in [0.2, 0.25) is 0 Å². The molecule has 0 aromatic carbocycles. The van der Waals surface area contributed by atoms with E-state index in [2.05, 4.69) is 29.6 Å². The molecule has 2 aliphatic heterocycles. The molecule has 2 rings (SSSR count). The largest absolute Gasteiger partial charge is 0.298 e. The molecular formula is C12H20N2. The van der Waals surface area contributed by atoms with E-state index in [0.717, 1.165) is 6.04 Å².